The molecule has 0 aliphatic carbocycles. The number of likely N-dealkylation sites (N-methyl/N-ethyl adjacent to an activating group) is 1. The lowest BCUT2D eigenvalue weighted by Gasteiger charge is -2.45. The van der Waals surface area contributed by atoms with Crippen LogP contribution in [0.2, 0.25) is 0 Å². The number of fused-ring (bicyclic) bond motifs is 1. The highest BCUT2D eigenvalue weighted by Crippen LogP contribution is 2.19. The maximum absolute atomic E-state index is 12.4. The van der Waals surface area contributed by atoms with E-state index < -0.39 is 6.04 Å². The third kappa shape index (κ3) is 4.15. The van der Waals surface area contributed by atoms with Gasteiger partial charge in [-0.3, -0.25) is 14.4 Å². The molecular formula is C18H23N3O3S. The second-order valence-corrected chi connectivity index (χ2v) is 7.53. The van der Waals surface area contributed by atoms with E-state index in [1.54, 1.807) is 28.6 Å². The summed E-state index contributed by atoms with van der Waals surface area (Å²) in [5, 5.41) is 0. The van der Waals surface area contributed by atoms with Gasteiger partial charge in [0, 0.05) is 38.1 Å². The van der Waals surface area contributed by atoms with Gasteiger partial charge in [0.05, 0.1) is 13.1 Å². The Labute approximate surface area is 152 Å². The van der Waals surface area contributed by atoms with E-state index in [2.05, 4.69) is 12.1 Å². The molecule has 0 unspecified atom stereocenters. The average molecular weight is 361 g/mol. The fourth-order valence-electron chi connectivity index (χ4n) is 3.23. The first-order chi connectivity index (χ1) is 12.1. The SMILES string of the molecule is CN1CC(=O)N2CCN(C(=O)CCSCc3ccccc3)C[C@@H]2C1=O. The van der Waals surface area contributed by atoms with Crippen molar-refractivity contribution in [3.63, 3.8) is 0 Å². The van der Waals surface area contributed by atoms with Crippen LogP contribution in [0.5, 0.6) is 0 Å². The van der Waals surface area contributed by atoms with Gasteiger partial charge >= 0.3 is 0 Å². The van der Waals surface area contributed by atoms with E-state index in [0.717, 1.165) is 11.5 Å². The molecule has 3 amide bonds. The monoisotopic (exact) mass is 361 g/mol. The molecule has 25 heavy (non-hydrogen) atoms. The molecule has 7 heteroatoms. The first-order valence-electron chi connectivity index (χ1n) is 8.50. The largest absolute Gasteiger partial charge is 0.338 e. The maximum atomic E-state index is 12.4. The minimum absolute atomic E-state index is 0.0300. The van der Waals surface area contributed by atoms with Crippen molar-refractivity contribution in [2.75, 3.05) is 39.0 Å². The molecule has 1 aromatic carbocycles. The van der Waals surface area contributed by atoms with Crippen LogP contribution in [0.25, 0.3) is 0 Å². The van der Waals surface area contributed by atoms with Gasteiger partial charge in [0.15, 0.2) is 0 Å². The second kappa shape index (κ2) is 7.91. The minimum atomic E-state index is -0.513. The molecule has 0 aromatic heterocycles. The number of hydrogen-bond donors (Lipinski definition) is 0. The number of rotatable bonds is 5. The zero-order valence-corrected chi connectivity index (χ0v) is 15.2. The van der Waals surface area contributed by atoms with Crippen molar-refractivity contribution in [2.24, 2.45) is 0 Å². The van der Waals surface area contributed by atoms with E-state index >= 15 is 0 Å². The lowest BCUT2D eigenvalue weighted by molar-refractivity contribution is -0.160. The summed E-state index contributed by atoms with van der Waals surface area (Å²) in [4.78, 5) is 41.6. The van der Waals surface area contributed by atoms with Gasteiger partial charge in [0.25, 0.3) is 0 Å². The summed E-state index contributed by atoms with van der Waals surface area (Å²) in [6, 6.07) is 9.67. The topological polar surface area (TPSA) is 60.9 Å². The molecule has 134 valence electrons. The normalized spacial score (nSPS) is 20.7. The van der Waals surface area contributed by atoms with Crippen LogP contribution in [-0.2, 0) is 20.1 Å². The third-order valence-electron chi connectivity index (χ3n) is 4.66. The van der Waals surface area contributed by atoms with E-state index in [4.69, 9.17) is 0 Å². The van der Waals surface area contributed by atoms with E-state index in [0.29, 0.717) is 26.1 Å². The van der Waals surface area contributed by atoms with Crippen LogP contribution in [0.4, 0.5) is 0 Å². The van der Waals surface area contributed by atoms with Crippen LogP contribution in [0.1, 0.15) is 12.0 Å². The summed E-state index contributed by atoms with van der Waals surface area (Å²) in [5.74, 6) is 1.61. The molecule has 0 radical (unpaired) electrons. The smallest absolute Gasteiger partial charge is 0.247 e. The van der Waals surface area contributed by atoms with Gasteiger partial charge in [-0.1, -0.05) is 30.3 Å². The molecule has 0 saturated carbocycles. The lowest BCUT2D eigenvalue weighted by Crippen LogP contribution is -2.66. The third-order valence-corrected chi connectivity index (χ3v) is 5.69. The van der Waals surface area contributed by atoms with Crippen molar-refractivity contribution in [1.82, 2.24) is 14.7 Å². The van der Waals surface area contributed by atoms with Gasteiger partial charge in [0.1, 0.15) is 6.04 Å². The lowest BCUT2D eigenvalue weighted by atomic mass is 10.1. The molecule has 2 aliphatic heterocycles. The number of thioether (sulfide) groups is 1. The van der Waals surface area contributed by atoms with Gasteiger partial charge in [0.2, 0.25) is 17.7 Å². The highest BCUT2D eigenvalue weighted by Gasteiger charge is 2.42. The summed E-state index contributed by atoms with van der Waals surface area (Å²) in [7, 11) is 1.64. The molecule has 0 N–H and O–H groups in total. The number of amides is 3. The molecule has 6 nitrogen and oxygen atoms in total. The molecule has 0 spiro atoms. The van der Waals surface area contributed by atoms with Crippen molar-refractivity contribution in [3.8, 4) is 0 Å². The molecule has 0 bridgehead atoms. The highest BCUT2D eigenvalue weighted by atomic mass is 32.2. The number of benzene rings is 1. The van der Waals surface area contributed by atoms with E-state index in [-0.39, 0.29) is 24.3 Å². The maximum Gasteiger partial charge on any atom is 0.247 e. The van der Waals surface area contributed by atoms with Crippen LogP contribution in [0.3, 0.4) is 0 Å². The van der Waals surface area contributed by atoms with Gasteiger partial charge in [-0.25, -0.2) is 0 Å². The number of nitrogens with zero attached hydrogens (tertiary/aromatic N) is 3. The van der Waals surface area contributed by atoms with Crippen molar-refractivity contribution in [1.29, 1.82) is 0 Å². The van der Waals surface area contributed by atoms with Crippen LogP contribution in [0.15, 0.2) is 30.3 Å². The van der Waals surface area contributed by atoms with Crippen LogP contribution < -0.4 is 0 Å². The Kier molecular flexibility index (Phi) is 5.63. The molecule has 2 heterocycles. The molecular weight excluding hydrogens is 338 g/mol. The minimum Gasteiger partial charge on any atom is -0.338 e. The first-order valence-corrected chi connectivity index (χ1v) is 9.65. The highest BCUT2D eigenvalue weighted by molar-refractivity contribution is 7.98. The Bertz CT molecular complexity index is 652. The van der Waals surface area contributed by atoms with Crippen molar-refractivity contribution in [2.45, 2.75) is 18.2 Å². The van der Waals surface area contributed by atoms with Crippen molar-refractivity contribution < 1.29 is 14.4 Å². The zero-order chi connectivity index (χ0) is 17.8. The Morgan fingerprint density at radius 1 is 1.20 bits per heavy atom. The van der Waals surface area contributed by atoms with Crippen molar-refractivity contribution in [3.05, 3.63) is 35.9 Å². The molecule has 1 atom stereocenters. The Hall–Kier alpha value is -2.02. The summed E-state index contributed by atoms with van der Waals surface area (Å²) < 4.78 is 0. The zero-order valence-electron chi connectivity index (χ0n) is 14.4. The molecule has 1 aromatic rings. The summed E-state index contributed by atoms with van der Waals surface area (Å²) >= 11 is 1.74. The van der Waals surface area contributed by atoms with Gasteiger partial charge in [-0.2, -0.15) is 11.8 Å². The van der Waals surface area contributed by atoms with E-state index in [9.17, 15) is 14.4 Å². The molecule has 2 saturated heterocycles. The molecule has 2 fully saturated rings. The summed E-state index contributed by atoms with van der Waals surface area (Å²) in [5.41, 5.74) is 1.25. The fourth-order valence-corrected chi connectivity index (χ4v) is 4.12. The van der Waals surface area contributed by atoms with Gasteiger partial charge in [-0.05, 0) is 5.56 Å². The number of piperazine rings is 2. The summed E-state index contributed by atoms with van der Waals surface area (Å²) in [6.07, 6.45) is 0.461. The second-order valence-electron chi connectivity index (χ2n) is 6.43. The van der Waals surface area contributed by atoms with Crippen LogP contribution in [0, 0.1) is 0 Å². The molecule has 3 rings (SSSR count). The summed E-state index contributed by atoms with van der Waals surface area (Å²) in [6.45, 7) is 1.42. The van der Waals surface area contributed by atoms with Gasteiger partial charge < -0.3 is 14.7 Å². The Balaban J connectivity index is 1.47. The Morgan fingerprint density at radius 3 is 2.72 bits per heavy atom. The predicted octanol–water partition coefficient (Wildman–Crippen LogP) is 0.821. The molecule has 2 aliphatic rings. The fraction of sp³-hybridized carbons (Fsp3) is 0.500. The predicted molar refractivity (Wildman–Crippen MR) is 96.9 cm³/mol. The number of hydrogen-bond acceptors (Lipinski definition) is 4. The van der Waals surface area contributed by atoms with Crippen molar-refractivity contribution >= 4 is 29.5 Å². The average Bonchev–Trinajstić information content (AvgIpc) is 2.63. The standard InChI is InChI=1S/C18H23N3O3S/c1-19-12-17(23)21-9-8-20(11-15(21)18(19)24)16(22)7-10-25-13-14-5-3-2-4-6-14/h2-6,15H,7-13H2,1H3/t15-/m1/s1. The van der Waals surface area contributed by atoms with Gasteiger partial charge in [-0.15, -0.1) is 0 Å². The van der Waals surface area contributed by atoms with Crippen LogP contribution >= 0.6 is 11.8 Å². The number of carbonyl (C=O) groups is 3. The van der Waals surface area contributed by atoms with E-state index in [1.165, 1.54) is 10.5 Å². The van der Waals surface area contributed by atoms with E-state index in [1.807, 2.05) is 18.2 Å². The quantitative estimate of drug-likeness (QED) is 0.729. The Morgan fingerprint density at radius 2 is 1.96 bits per heavy atom. The first kappa shape index (κ1) is 17.8. The van der Waals surface area contributed by atoms with Crippen LogP contribution in [-0.4, -0.2) is 77.4 Å². The number of carbonyl (C=O) groups excluding carboxylic acids is 3.